The van der Waals surface area contributed by atoms with Crippen LogP contribution in [0.15, 0.2) is 90.5 Å². The first kappa shape index (κ1) is 18.3. The summed E-state index contributed by atoms with van der Waals surface area (Å²) in [4.78, 5) is 17.3. The van der Waals surface area contributed by atoms with Crippen LogP contribution in [-0.2, 0) is 9.53 Å². The maximum atomic E-state index is 15.7. The van der Waals surface area contributed by atoms with E-state index in [-0.39, 0.29) is 11.3 Å². The minimum Gasteiger partial charge on any atom is -0.466 e. The average molecular weight is 395 g/mol. The third kappa shape index (κ3) is 2.72. The molecule has 3 aromatic carbocycles. The summed E-state index contributed by atoms with van der Waals surface area (Å²) in [6.07, 6.45) is 0. The van der Waals surface area contributed by atoms with Crippen molar-refractivity contribution in [3.8, 4) is 11.1 Å². The Morgan fingerprint density at radius 3 is 2.23 bits per heavy atom. The van der Waals surface area contributed by atoms with Gasteiger partial charge in [0.2, 0.25) is 0 Å². The van der Waals surface area contributed by atoms with Crippen LogP contribution < -0.4 is 0 Å². The fourth-order valence-corrected chi connectivity index (χ4v) is 4.29. The van der Waals surface area contributed by atoms with Gasteiger partial charge in [0.05, 0.1) is 18.2 Å². The number of halogens is 1. The zero-order chi connectivity index (χ0) is 20.7. The molecule has 3 nitrogen and oxygen atoms in total. The molecule has 4 heteroatoms. The van der Waals surface area contributed by atoms with Gasteiger partial charge in [-0.1, -0.05) is 78.9 Å². The minimum absolute atomic E-state index is 0.00122. The van der Waals surface area contributed by atoms with E-state index >= 15 is 4.39 Å². The predicted octanol–water partition coefficient (Wildman–Crippen LogP) is 5.90. The first-order valence-corrected chi connectivity index (χ1v) is 9.72. The molecule has 1 aliphatic rings. The van der Waals surface area contributed by atoms with E-state index in [9.17, 15) is 4.79 Å². The quantitative estimate of drug-likeness (QED) is 0.405. The lowest BCUT2D eigenvalue weighted by molar-refractivity contribution is -0.136. The number of para-hydroxylation sites is 1. The van der Waals surface area contributed by atoms with Crippen molar-refractivity contribution in [2.24, 2.45) is 0 Å². The van der Waals surface area contributed by atoms with Crippen LogP contribution in [0.2, 0.25) is 0 Å². The summed E-state index contributed by atoms with van der Waals surface area (Å²) < 4.78 is 20.7. The Morgan fingerprint density at radius 1 is 0.900 bits per heavy atom. The zero-order valence-corrected chi connectivity index (χ0v) is 16.3. The van der Waals surface area contributed by atoms with E-state index in [2.05, 4.69) is 4.98 Å². The van der Waals surface area contributed by atoms with Crippen molar-refractivity contribution < 1.29 is 13.9 Å². The number of pyridine rings is 1. The van der Waals surface area contributed by atoms with Gasteiger partial charge in [0.1, 0.15) is 5.69 Å². The molecule has 1 heterocycles. The number of benzene rings is 3. The molecule has 0 saturated heterocycles. The molecule has 1 atom stereocenters. The second-order valence-electron chi connectivity index (χ2n) is 7.20. The van der Waals surface area contributed by atoms with Gasteiger partial charge in [-0.05, 0) is 22.8 Å². The lowest BCUT2D eigenvalue weighted by atomic mass is 9.83. The van der Waals surface area contributed by atoms with Crippen LogP contribution in [0.4, 0.5) is 4.39 Å². The number of hydrogen-bond acceptors (Lipinski definition) is 3. The molecule has 30 heavy (non-hydrogen) atoms. The average Bonchev–Trinajstić information content (AvgIpc) is 3.10. The van der Waals surface area contributed by atoms with Crippen molar-refractivity contribution in [1.29, 1.82) is 0 Å². The molecule has 0 bridgehead atoms. The van der Waals surface area contributed by atoms with Crippen LogP contribution in [0.3, 0.4) is 0 Å². The van der Waals surface area contributed by atoms with Crippen molar-refractivity contribution in [2.75, 3.05) is 7.11 Å². The largest absolute Gasteiger partial charge is 0.466 e. The Kier molecular flexibility index (Phi) is 4.40. The Labute approximate surface area is 173 Å². The molecular weight excluding hydrogens is 377 g/mol. The SMILES string of the molecule is COC(=O)C1=C(F)c2nc3ccccc3c(-c3ccccc3)c2C1c1ccccc1. The van der Waals surface area contributed by atoms with Crippen LogP contribution in [0.5, 0.6) is 0 Å². The molecule has 0 N–H and O–H groups in total. The fraction of sp³-hybridized carbons (Fsp3) is 0.0769. The summed E-state index contributed by atoms with van der Waals surface area (Å²) >= 11 is 0. The van der Waals surface area contributed by atoms with Crippen LogP contribution in [0.25, 0.3) is 27.9 Å². The number of carbonyl (C=O) groups is 1. The van der Waals surface area contributed by atoms with E-state index in [1.165, 1.54) is 7.11 Å². The predicted molar refractivity (Wildman–Crippen MR) is 116 cm³/mol. The molecule has 0 saturated carbocycles. The van der Waals surface area contributed by atoms with E-state index in [1.54, 1.807) is 0 Å². The Bertz CT molecular complexity index is 1300. The van der Waals surface area contributed by atoms with Gasteiger partial charge in [-0.25, -0.2) is 14.2 Å². The molecule has 1 unspecified atom stereocenters. The second-order valence-corrected chi connectivity index (χ2v) is 7.20. The zero-order valence-electron chi connectivity index (χ0n) is 16.3. The highest BCUT2D eigenvalue weighted by molar-refractivity contribution is 6.07. The number of methoxy groups -OCH3 is 1. The third-order valence-electron chi connectivity index (χ3n) is 5.55. The second kappa shape index (κ2) is 7.23. The van der Waals surface area contributed by atoms with Crippen LogP contribution in [0, 0.1) is 0 Å². The van der Waals surface area contributed by atoms with Crippen LogP contribution in [-0.4, -0.2) is 18.1 Å². The van der Waals surface area contributed by atoms with E-state index in [0.717, 1.165) is 22.1 Å². The summed E-state index contributed by atoms with van der Waals surface area (Å²) in [7, 11) is 1.27. The molecule has 0 fully saturated rings. The number of rotatable bonds is 3. The van der Waals surface area contributed by atoms with Crippen molar-refractivity contribution in [3.63, 3.8) is 0 Å². The number of carbonyl (C=O) groups excluding carboxylic acids is 1. The summed E-state index contributed by atoms with van der Waals surface area (Å²) in [5, 5.41) is 0.919. The van der Waals surface area contributed by atoms with Crippen molar-refractivity contribution >= 4 is 22.7 Å². The molecule has 5 rings (SSSR count). The molecule has 1 aliphatic carbocycles. The first-order valence-electron chi connectivity index (χ1n) is 9.72. The summed E-state index contributed by atoms with van der Waals surface area (Å²) in [5.74, 6) is -1.89. The van der Waals surface area contributed by atoms with Gasteiger partial charge >= 0.3 is 5.97 Å². The summed E-state index contributed by atoms with van der Waals surface area (Å²) in [6, 6.07) is 27.0. The van der Waals surface area contributed by atoms with Gasteiger partial charge in [0.25, 0.3) is 0 Å². The van der Waals surface area contributed by atoms with Gasteiger partial charge in [0, 0.05) is 16.9 Å². The first-order chi connectivity index (χ1) is 14.7. The summed E-state index contributed by atoms with van der Waals surface area (Å²) in [5.41, 5.74) is 4.25. The molecule has 146 valence electrons. The van der Waals surface area contributed by atoms with Gasteiger partial charge in [-0.3, -0.25) is 0 Å². The highest BCUT2D eigenvalue weighted by Crippen LogP contribution is 2.51. The Morgan fingerprint density at radius 2 is 1.53 bits per heavy atom. The van der Waals surface area contributed by atoms with Gasteiger partial charge < -0.3 is 4.74 Å². The topological polar surface area (TPSA) is 39.2 Å². The van der Waals surface area contributed by atoms with E-state index in [0.29, 0.717) is 11.1 Å². The molecule has 0 amide bonds. The van der Waals surface area contributed by atoms with Crippen molar-refractivity contribution in [3.05, 3.63) is 107 Å². The van der Waals surface area contributed by atoms with E-state index in [1.807, 2.05) is 84.9 Å². The highest BCUT2D eigenvalue weighted by atomic mass is 19.1. The van der Waals surface area contributed by atoms with Crippen molar-refractivity contribution in [1.82, 2.24) is 4.98 Å². The van der Waals surface area contributed by atoms with E-state index < -0.39 is 17.7 Å². The number of esters is 1. The summed E-state index contributed by atoms with van der Waals surface area (Å²) in [6.45, 7) is 0. The minimum atomic E-state index is -0.678. The third-order valence-corrected chi connectivity index (χ3v) is 5.55. The molecule has 1 aromatic heterocycles. The van der Waals surface area contributed by atoms with Gasteiger partial charge in [-0.2, -0.15) is 0 Å². The monoisotopic (exact) mass is 395 g/mol. The fourth-order valence-electron chi connectivity index (χ4n) is 4.29. The lowest BCUT2D eigenvalue weighted by Crippen LogP contribution is -2.13. The maximum absolute atomic E-state index is 15.7. The molecule has 0 aliphatic heterocycles. The molecule has 4 aromatic rings. The lowest BCUT2D eigenvalue weighted by Gasteiger charge is -2.20. The van der Waals surface area contributed by atoms with Crippen LogP contribution in [0.1, 0.15) is 22.7 Å². The maximum Gasteiger partial charge on any atom is 0.337 e. The van der Waals surface area contributed by atoms with E-state index in [4.69, 9.17) is 4.74 Å². The standard InChI is InChI=1S/C26H18FNO2/c1-30-26(29)23-21(17-12-6-3-7-13-17)22-20(16-10-4-2-5-11-16)18-14-8-9-15-19(18)28-25(22)24(23)27/h2-15,21H,1H3. The van der Waals surface area contributed by atoms with Crippen LogP contribution >= 0.6 is 0 Å². The normalized spacial score (nSPS) is 15.3. The smallest absolute Gasteiger partial charge is 0.337 e. The molecule has 0 radical (unpaired) electrons. The van der Waals surface area contributed by atoms with Gasteiger partial charge in [0.15, 0.2) is 5.83 Å². The number of aromatic nitrogens is 1. The number of fused-ring (bicyclic) bond motifs is 2. The van der Waals surface area contributed by atoms with Gasteiger partial charge in [-0.15, -0.1) is 0 Å². The Hall–Kier alpha value is -3.79. The Balaban J connectivity index is 1.92. The number of ether oxygens (including phenoxy) is 1. The molecule has 0 spiro atoms. The van der Waals surface area contributed by atoms with Crippen molar-refractivity contribution in [2.45, 2.75) is 5.92 Å². The number of hydrogen-bond donors (Lipinski definition) is 0. The molecular formula is C26H18FNO2. The highest BCUT2D eigenvalue weighted by Gasteiger charge is 2.41. The number of nitrogens with zero attached hydrogens (tertiary/aromatic N) is 1.